The maximum absolute atomic E-state index is 14.1. The van der Waals surface area contributed by atoms with Crippen LogP contribution < -0.4 is 26.0 Å². The van der Waals surface area contributed by atoms with Crippen molar-refractivity contribution in [2.45, 2.75) is 130 Å². The van der Waals surface area contributed by atoms with E-state index in [1.54, 1.807) is 34.8 Å². The topological polar surface area (TPSA) is 210 Å². The second-order valence-electron chi connectivity index (χ2n) is 19.8. The molecule has 0 unspecified atom stereocenters. The maximum Gasteiger partial charge on any atom is 0.411 e. The minimum absolute atomic E-state index is 0.0180. The van der Waals surface area contributed by atoms with Crippen LogP contribution in [0.3, 0.4) is 0 Å². The number of nitrogens with zero attached hydrogens (tertiary/aromatic N) is 5. The molecule has 5 heterocycles. The molecule has 18 heteroatoms. The summed E-state index contributed by atoms with van der Waals surface area (Å²) in [6.45, 7) is 10.9. The van der Waals surface area contributed by atoms with Crippen LogP contribution in [0.25, 0.3) is 31.8 Å². The molecule has 2 aliphatic rings. The average molecular weight is 1020 g/mol. The lowest BCUT2D eigenvalue weighted by atomic mass is 9.85. The van der Waals surface area contributed by atoms with Crippen molar-refractivity contribution < 1.29 is 33.8 Å². The summed E-state index contributed by atoms with van der Waals surface area (Å²) < 4.78 is 12.6. The maximum atomic E-state index is 14.1. The Bertz CT molecular complexity index is 2820. The number of carbonyl (C=O) groups is 4. The van der Waals surface area contributed by atoms with Crippen LogP contribution in [0.4, 0.5) is 15.6 Å². The van der Waals surface area contributed by atoms with E-state index < -0.39 is 41.5 Å². The number of aliphatic hydroxyl groups excluding tert-OH is 1. The number of hydrogen-bond donors (Lipinski definition) is 5. The fourth-order valence-electron chi connectivity index (χ4n) is 9.02. The molecule has 0 bridgehead atoms. The van der Waals surface area contributed by atoms with Gasteiger partial charge in [-0.05, 0) is 98.7 Å². The second kappa shape index (κ2) is 23.8. The third-order valence-electron chi connectivity index (χ3n) is 13.1. The number of benzene rings is 2. The number of nitrogens with one attached hydrogen (secondary N) is 4. The standard InChI is InChI=1S/C54H65N9O7S2/c1-33-43(61-53(68)70-41-13-9-8-10-14-41)25-39(30-56-33)37-19-21-42-45(26-37)72-52(60-42)55-23-11-6-7-12-24-69-46-22-20-38(29-57-46)49(65)62-48(54(3,4)5)51(67)63-31-40(64)27-44(63)50(66)58-28-35-15-17-36(18-16-35)47-34(2)59-32-71-47/h15-22,25-26,29-30,32,40-41,44,48,64H,6-14,23-24,27-28,31H2,1-5H3,(H,55,60)(H,58,66)(H,61,68)(H,62,65)/t40-,44+,48-/m1/s1. The number of hydrogen-bond acceptors (Lipinski definition) is 14. The van der Waals surface area contributed by atoms with Gasteiger partial charge in [-0.1, -0.05) is 81.7 Å². The van der Waals surface area contributed by atoms with Crippen LogP contribution in [-0.2, 0) is 20.9 Å². The van der Waals surface area contributed by atoms with Crippen LogP contribution >= 0.6 is 22.7 Å². The summed E-state index contributed by atoms with van der Waals surface area (Å²) in [6.07, 6.45) is 11.0. The van der Waals surface area contributed by atoms with Crippen molar-refractivity contribution in [1.29, 1.82) is 0 Å². The van der Waals surface area contributed by atoms with Crippen molar-refractivity contribution in [3.63, 3.8) is 0 Å². The Balaban J connectivity index is 0.744. The SMILES string of the molecule is Cc1ncc(-c2ccc3nc(NCCCCCCOc4ccc(C(=O)N[C@H](C(=O)N5C[C@H](O)C[C@H]5C(=O)NCc5ccc(-c6scnc6C)cc5)C(C)(C)C)cn4)sc3c2)cc1NC(=O)OC1CCCCC1. The summed E-state index contributed by atoms with van der Waals surface area (Å²) >= 11 is 3.18. The van der Waals surface area contributed by atoms with E-state index in [9.17, 15) is 24.3 Å². The monoisotopic (exact) mass is 1020 g/mol. The van der Waals surface area contributed by atoms with Crippen molar-refractivity contribution in [2.75, 3.05) is 30.3 Å². The first kappa shape index (κ1) is 51.8. The van der Waals surface area contributed by atoms with Gasteiger partial charge in [0.1, 0.15) is 18.2 Å². The van der Waals surface area contributed by atoms with Gasteiger partial charge >= 0.3 is 6.09 Å². The van der Waals surface area contributed by atoms with E-state index in [4.69, 9.17) is 14.5 Å². The molecule has 8 rings (SSSR count). The highest BCUT2D eigenvalue weighted by atomic mass is 32.1. The Labute approximate surface area is 428 Å². The normalized spacial score (nSPS) is 16.6. The summed E-state index contributed by atoms with van der Waals surface area (Å²) in [7, 11) is 0. The van der Waals surface area contributed by atoms with Crippen molar-refractivity contribution in [3.8, 4) is 27.4 Å². The third-order valence-corrected chi connectivity index (χ3v) is 15.1. The molecule has 5 N–H and O–H groups in total. The first-order valence-corrected chi connectivity index (χ1v) is 26.6. The number of likely N-dealkylation sites (tertiary alicyclic amines) is 1. The number of amides is 4. The molecule has 2 aromatic carbocycles. The molecule has 1 saturated heterocycles. The van der Waals surface area contributed by atoms with Crippen LogP contribution in [0.5, 0.6) is 5.88 Å². The van der Waals surface area contributed by atoms with Crippen molar-refractivity contribution in [3.05, 3.63) is 101 Å². The molecular weight excluding hydrogens is 951 g/mol. The van der Waals surface area contributed by atoms with Crippen molar-refractivity contribution in [2.24, 2.45) is 5.41 Å². The molecule has 2 fully saturated rings. The summed E-state index contributed by atoms with van der Waals surface area (Å²) in [5, 5.41) is 23.7. The summed E-state index contributed by atoms with van der Waals surface area (Å²) in [5.41, 5.74) is 8.44. The average Bonchev–Trinajstić information content (AvgIpc) is 4.11. The highest BCUT2D eigenvalue weighted by Gasteiger charge is 2.44. The highest BCUT2D eigenvalue weighted by molar-refractivity contribution is 7.22. The molecule has 1 saturated carbocycles. The minimum Gasteiger partial charge on any atom is -0.478 e. The van der Waals surface area contributed by atoms with Gasteiger partial charge in [-0.25, -0.2) is 19.7 Å². The zero-order valence-electron chi connectivity index (χ0n) is 41.7. The lowest BCUT2D eigenvalue weighted by Crippen LogP contribution is -2.57. The number of unbranched alkanes of at least 4 members (excludes halogenated alkanes) is 3. The lowest BCUT2D eigenvalue weighted by Gasteiger charge is -2.35. The number of thiazole rings is 2. The number of aryl methyl sites for hydroxylation is 2. The summed E-state index contributed by atoms with van der Waals surface area (Å²) in [4.78, 5) is 74.3. The first-order valence-electron chi connectivity index (χ1n) is 24.9. The van der Waals surface area contributed by atoms with Gasteiger partial charge < -0.3 is 35.4 Å². The van der Waals surface area contributed by atoms with Gasteiger partial charge in [0.25, 0.3) is 5.91 Å². The fraction of sp³-hybridized carbons (Fsp3) is 0.444. The van der Waals surface area contributed by atoms with Crippen LogP contribution in [0.15, 0.2) is 78.6 Å². The number of anilines is 2. The highest BCUT2D eigenvalue weighted by Crippen LogP contribution is 2.33. The van der Waals surface area contributed by atoms with Crippen LogP contribution in [0.2, 0.25) is 0 Å². The molecule has 3 atom stereocenters. The van der Waals surface area contributed by atoms with Crippen molar-refractivity contribution >= 4 is 67.5 Å². The van der Waals surface area contributed by atoms with E-state index in [2.05, 4.69) is 42.3 Å². The number of aromatic nitrogens is 4. The van der Waals surface area contributed by atoms with Crippen LogP contribution in [-0.4, -0.2) is 97.7 Å². The van der Waals surface area contributed by atoms with E-state index in [0.29, 0.717) is 18.2 Å². The molecule has 4 amide bonds. The molecule has 4 aromatic heterocycles. The zero-order chi connectivity index (χ0) is 50.8. The molecule has 16 nitrogen and oxygen atoms in total. The molecule has 6 aromatic rings. The van der Waals surface area contributed by atoms with Gasteiger partial charge in [0.05, 0.1) is 56.0 Å². The van der Waals surface area contributed by atoms with Gasteiger partial charge in [0, 0.05) is 50.1 Å². The number of β-amino-alcohol motifs (C(OH)–C–C–N with tert-alkyl or cyclic N) is 1. The smallest absolute Gasteiger partial charge is 0.411 e. The first-order chi connectivity index (χ1) is 34.7. The van der Waals surface area contributed by atoms with E-state index in [1.165, 1.54) is 17.5 Å². The summed E-state index contributed by atoms with van der Waals surface area (Å²) in [6, 6.07) is 17.3. The van der Waals surface area contributed by atoms with E-state index in [1.807, 2.05) is 88.8 Å². The largest absolute Gasteiger partial charge is 0.478 e. The van der Waals surface area contributed by atoms with Crippen LogP contribution in [0.1, 0.15) is 112 Å². The van der Waals surface area contributed by atoms with E-state index >= 15 is 0 Å². The summed E-state index contributed by atoms with van der Waals surface area (Å²) in [5.74, 6) is -0.900. The number of pyridine rings is 2. The fourth-order valence-corrected chi connectivity index (χ4v) is 10.8. The number of fused-ring (bicyclic) bond motifs is 1. The van der Waals surface area contributed by atoms with Gasteiger partial charge in [-0.3, -0.25) is 24.7 Å². The Morgan fingerprint density at radius 3 is 2.38 bits per heavy atom. The van der Waals surface area contributed by atoms with Crippen LogP contribution in [0, 0.1) is 19.3 Å². The van der Waals surface area contributed by atoms with Gasteiger partial charge in [-0.2, -0.15) is 0 Å². The zero-order valence-corrected chi connectivity index (χ0v) is 43.3. The molecule has 380 valence electrons. The number of rotatable bonds is 19. The van der Waals surface area contributed by atoms with E-state index in [0.717, 1.165) is 112 Å². The predicted molar refractivity (Wildman–Crippen MR) is 282 cm³/mol. The second-order valence-corrected chi connectivity index (χ2v) is 21.7. The number of carbonyl (C=O) groups excluding carboxylic acids is 4. The third kappa shape index (κ3) is 13.5. The molecule has 0 spiro atoms. The Kier molecular flexibility index (Phi) is 17.1. The minimum atomic E-state index is -0.986. The van der Waals surface area contributed by atoms with E-state index in [-0.39, 0.29) is 37.1 Å². The van der Waals surface area contributed by atoms with Gasteiger partial charge in [0.15, 0.2) is 5.13 Å². The predicted octanol–water partition coefficient (Wildman–Crippen LogP) is 9.85. The Hall–Kier alpha value is -6.50. The van der Waals surface area contributed by atoms with Gasteiger partial charge in [-0.15, -0.1) is 11.3 Å². The van der Waals surface area contributed by atoms with Crippen molar-refractivity contribution in [1.82, 2.24) is 35.5 Å². The number of aliphatic hydroxyl groups is 1. The molecule has 0 radical (unpaired) electrons. The molecule has 1 aliphatic heterocycles. The number of ether oxygens (including phenoxy) is 2. The Morgan fingerprint density at radius 1 is 0.861 bits per heavy atom. The van der Waals surface area contributed by atoms with Gasteiger partial charge in [0.2, 0.25) is 17.7 Å². The molecular formula is C54H65N9O7S2. The lowest BCUT2D eigenvalue weighted by molar-refractivity contribution is -0.142. The molecule has 72 heavy (non-hydrogen) atoms. The molecule has 1 aliphatic carbocycles. The quantitative estimate of drug-likeness (QED) is 0.0480. The Morgan fingerprint density at radius 2 is 1.64 bits per heavy atom.